The van der Waals surface area contributed by atoms with E-state index >= 15 is 0 Å². The average Bonchev–Trinajstić information content (AvgIpc) is 3.06. The Morgan fingerprint density at radius 2 is 1.92 bits per heavy atom. The maximum Gasteiger partial charge on any atom is 0.239 e. The lowest BCUT2D eigenvalue weighted by atomic mass is 10.2. The van der Waals surface area contributed by atoms with Crippen LogP contribution in [0, 0.1) is 6.92 Å². The van der Waals surface area contributed by atoms with E-state index in [1.165, 1.54) is 4.90 Å². The number of aromatic nitrogens is 1. The van der Waals surface area contributed by atoms with Gasteiger partial charge >= 0.3 is 0 Å². The van der Waals surface area contributed by atoms with Gasteiger partial charge in [-0.2, -0.15) is 0 Å². The summed E-state index contributed by atoms with van der Waals surface area (Å²) in [6.45, 7) is 3.62. The Labute approximate surface area is 162 Å². The number of para-hydroxylation sites is 1. The standard InChI is InChI=1S/C20H23N3OS2/c1-15-8-7-11-17-19(15)21-20(26-17)23(13-12-22(2)3)18(24)14-25-16-9-5-4-6-10-16/h4-11H,12-14H2,1-3H3/p+1. The molecule has 2 aromatic carbocycles. The summed E-state index contributed by atoms with van der Waals surface area (Å²) < 4.78 is 1.13. The fraction of sp³-hybridized carbons (Fsp3) is 0.300. The highest BCUT2D eigenvalue weighted by Crippen LogP contribution is 2.31. The van der Waals surface area contributed by atoms with Crippen LogP contribution in [0.15, 0.2) is 53.4 Å². The molecular formula is C20H24N3OS2+. The zero-order valence-corrected chi connectivity index (χ0v) is 17.0. The number of carbonyl (C=O) groups is 1. The van der Waals surface area contributed by atoms with Gasteiger partial charge in [0.25, 0.3) is 0 Å². The Hall–Kier alpha value is -1.89. The summed E-state index contributed by atoms with van der Waals surface area (Å²) in [4.78, 5) is 22.0. The number of hydrogen-bond acceptors (Lipinski definition) is 4. The Balaban J connectivity index is 1.81. The molecule has 0 aliphatic heterocycles. The van der Waals surface area contributed by atoms with Crippen molar-refractivity contribution in [1.82, 2.24) is 4.98 Å². The van der Waals surface area contributed by atoms with Crippen LogP contribution in [0.3, 0.4) is 0 Å². The second-order valence-electron chi connectivity index (χ2n) is 6.52. The van der Waals surface area contributed by atoms with Crippen LogP contribution in [0.1, 0.15) is 5.56 Å². The van der Waals surface area contributed by atoms with Crippen LogP contribution < -0.4 is 9.80 Å². The third-order valence-electron chi connectivity index (χ3n) is 4.08. The van der Waals surface area contributed by atoms with Gasteiger partial charge in [0.1, 0.15) is 0 Å². The van der Waals surface area contributed by atoms with Gasteiger partial charge in [0, 0.05) is 4.90 Å². The predicted molar refractivity (Wildman–Crippen MR) is 112 cm³/mol. The number of benzene rings is 2. The summed E-state index contributed by atoms with van der Waals surface area (Å²) in [6, 6.07) is 16.2. The molecule has 0 fully saturated rings. The summed E-state index contributed by atoms with van der Waals surface area (Å²) in [5.41, 5.74) is 2.15. The maximum atomic E-state index is 13.0. The first-order valence-corrected chi connectivity index (χ1v) is 10.5. The van der Waals surface area contributed by atoms with Crippen LogP contribution in [0.5, 0.6) is 0 Å². The van der Waals surface area contributed by atoms with Gasteiger partial charge in [0.2, 0.25) is 5.91 Å². The van der Waals surface area contributed by atoms with E-state index in [0.717, 1.165) is 32.4 Å². The average molecular weight is 387 g/mol. The second kappa shape index (κ2) is 8.66. The molecule has 0 aliphatic carbocycles. The Bertz CT molecular complexity index is 877. The van der Waals surface area contributed by atoms with Crippen molar-refractivity contribution in [2.45, 2.75) is 11.8 Å². The molecule has 1 aromatic heterocycles. The summed E-state index contributed by atoms with van der Waals surface area (Å²) >= 11 is 3.17. The molecule has 0 unspecified atom stereocenters. The number of quaternary nitrogens is 1. The number of carbonyl (C=O) groups excluding carboxylic acids is 1. The SMILES string of the molecule is Cc1cccc2sc(N(CC[NH+](C)C)C(=O)CSc3ccccc3)nc12. The van der Waals surface area contributed by atoms with E-state index in [2.05, 4.69) is 33.2 Å². The van der Waals surface area contributed by atoms with Crippen LogP contribution in [-0.2, 0) is 4.79 Å². The van der Waals surface area contributed by atoms with Gasteiger partial charge in [0.15, 0.2) is 5.13 Å². The fourth-order valence-electron chi connectivity index (χ4n) is 2.59. The van der Waals surface area contributed by atoms with Gasteiger partial charge < -0.3 is 4.90 Å². The van der Waals surface area contributed by atoms with Crippen LogP contribution in [-0.4, -0.2) is 43.8 Å². The highest BCUT2D eigenvalue weighted by molar-refractivity contribution is 8.00. The Morgan fingerprint density at radius 1 is 1.15 bits per heavy atom. The van der Waals surface area contributed by atoms with Crippen molar-refractivity contribution < 1.29 is 9.69 Å². The number of nitrogens with zero attached hydrogens (tertiary/aromatic N) is 2. The predicted octanol–water partition coefficient (Wildman–Crippen LogP) is 2.87. The first-order chi connectivity index (χ1) is 12.5. The van der Waals surface area contributed by atoms with Crippen molar-refractivity contribution in [2.24, 2.45) is 0 Å². The van der Waals surface area contributed by atoms with Gasteiger partial charge in [-0.15, -0.1) is 11.8 Å². The molecule has 0 atom stereocenters. The minimum atomic E-state index is 0.108. The molecule has 1 N–H and O–H groups in total. The molecule has 26 heavy (non-hydrogen) atoms. The van der Waals surface area contributed by atoms with E-state index in [9.17, 15) is 4.79 Å². The Kier molecular flexibility index (Phi) is 6.29. The number of rotatable bonds is 7. The van der Waals surface area contributed by atoms with Crippen molar-refractivity contribution in [1.29, 1.82) is 0 Å². The van der Waals surface area contributed by atoms with E-state index < -0.39 is 0 Å². The smallest absolute Gasteiger partial charge is 0.239 e. The van der Waals surface area contributed by atoms with Gasteiger partial charge in [-0.25, -0.2) is 4.98 Å². The second-order valence-corrected chi connectivity index (χ2v) is 8.58. The first kappa shape index (κ1) is 18.9. The minimum absolute atomic E-state index is 0.108. The number of thiazole rings is 1. The van der Waals surface area contributed by atoms with E-state index in [1.54, 1.807) is 23.1 Å². The van der Waals surface area contributed by atoms with Crippen LogP contribution in [0.4, 0.5) is 5.13 Å². The van der Waals surface area contributed by atoms with Crippen molar-refractivity contribution in [3.05, 3.63) is 54.1 Å². The molecule has 3 rings (SSSR count). The zero-order chi connectivity index (χ0) is 18.5. The molecule has 136 valence electrons. The molecule has 1 amide bonds. The summed E-state index contributed by atoms with van der Waals surface area (Å²) in [6.07, 6.45) is 0. The first-order valence-electron chi connectivity index (χ1n) is 8.68. The number of nitrogens with one attached hydrogen (secondary N) is 1. The summed E-state index contributed by atoms with van der Waals surface area (Å²) in [5, 5.41) is 0.800. The van der Waals surface area contributed by atoms with Gasteiger partial charge in [-0.1, -0.05) is 41.7 Å². The van der Waals surface area contributed by atoms with Crippen molar-refractivity contribution in [3.8, 4) is 0 Å². The van der Waals surface area contributed by atoms with Crippen molar-refractivity contribution >= 4 is 44.4 Å². The van der Waals surface area contributed by atoms with E-state index in [0.29, 0.717) is 12.3 Å². The molecule has 0 saturated carbocycles. The normalized spacial score (nSPS) is 11.2. The number of anilines is 1. The molecule has 0 aliphatic rings. The van der Waals surface area contributed by atoms with Crippen molar-refractivity contribution in [2.75, 3.05) is 37.8 Å². The van der Waals surface area contributed by atoms with Gasteiger partial charge in [-0.05, 0) is 30.7 Å². The van der Waals surface area contributed by atoms with Crippen LogP contribution in [0.2, 0.25) is 0 Å². The molecule has 0 bridgehead atoms. The van der Waals surface area contributed by atoms with Gasteiger partial charge in [0.05, 0.1) is 43.2 Å². The number of hydrogen-bond donors (Lipinski definition) is 1. The quantitative estimate of drug-likeness (QED) is 0.635. The third kappa shape index (κ3) is 4.63. The molecule has 0 radical (unpaired) electrons. The minimum Gasteiger partial charge on any atom is -0.338 e. The highest BCUT2D eigenvalue weighted by atomic mass is 32.2. The molecule has 3 aromatic rings. The monoisotopic (exact) mass is 386 g/mol. The lowest BCUT2D eigenvalue weighted by Gasteiger charge is -2.20. The Morgan fingerprint density at radius 3 is 2.62 bits per heavy atom. The summed E-state index contributed by atoms with van der Waals surface area (Å²) in [7, 11) is 4.20. The van der Waals surface area contributed by atoms with Crippen LogP contribution >= 0.6 is 23.1 Å². The third-order valence-corrected chi connectivity index (χ3v) is 6.12. The number of fused-ring (bicyclic) bond motifs is 1. The molecule has 1 heterocycles. The van der Waals surface area contributed by atoms with Crippen molar-refractivity contribution in [3.63, 3.8) is 0 Å². The van der Waals surface area contributed by atoms with E-state index in [1.807, 2.05) is 41.3 Å². The molecule has 0 spiro atoms. The maximum absolute atomic E-state index is 13.0. The lowest BCUT2D eigenvalue weighted by molar-refractivity contribution is -0.856. The number of amides is 1. The number of likely N-dealkylation sites (N-methyl/N-ethyl adjacent to an activating group) is 1. The lowest BCUT2D eigenvalue weighted by Crippen LogP contribution is -3.06. The number of aryl methyl sites for hydroxylation is 1. The van der Waals surface area contributed by atoms with E-state index in [4.69, 9.17) is 4.98 Å². The zero-order valence-electron chi connectivity index (χ0n) is 15.4. The van der Waals surface area contributed by atoms with Crippen LogP contribution in [0.25, 0.3) is 10.2 Å². The molecular weight excluding hydrogens is 362 g/mol. The molecule has 0 saturated heterocycles. The highest BCUT2D eigenvalue weighted by Gasteiger charge is 2.21. The topological polar surface area (TPSA) is 37.6 Å². The van der Waals surface area contributed by atoms with Gasteiger partial charge in [-0.3, -0.25) is 9.69 Å². The number of thioether (sulfide) groups is 1. The fourth-order valence-corrected chi connectivity index (χ4v) is 4.47. The molecule has 4 nitrogen and oxygen atoms in total. The molecule has 6 heteroatoms. The van der Waals surface area contributed by atoms with E-state index in [-0.39, 0.29) is 5.91 Å². The largest absolute Gasteiger partial charge is 0.338 e. The summed E-state index contributed by atoms with van der Waals surface area (Å²) in [5.74, 6) is 0.526.